The van der Waals surface area contributed by atoms with Gasteiger partial charge in [-0.3, -0.25) is 0 Å². The molecule has 1 aliphatic rings. The molecule has 0 heterocycles. The average Bonchev–Trinajstić information content (AvgIpc) is 2.84. The predicted molar refractivity (Wildman–Crippen MR) is 75.4 cm³/mol. The Balaban J connectivity index is 1.87. The predicted octanol–water partition coefficient (Wildman–Crippen LogP) is 3.55. The Morgan fingerprint density at radius 2 is 1.74 bits per heavy atom. The van der Waals surface area contributed by atoms with Crippen molar-refractivity contribution in [3.63, 3.8) is 0 Å². The fraction of sp³-hybridized carbons (Fsp3) is 0.294. The molecular weight excluding hydrogens is 237 g/mol. The molecule has 1 unspecified atom stereocenters. The van der Waals surface area contributed by atoms with E-state index in [4.69, 9.17) is 5.73 Å². The van der Waals surface area contributed by atoms with E-state index in [1.807, 2.05) is 13.0 Å². The summed E-state index contributed by atoms with van der Waals surface area (Å²) >= 11 is 0. The molecule has 0 aromatic heterocycles. The van der Waals surface area contributed by atoms with Crippen LogP contribution in [0.1, 0.15) is 28.3 Å². The number of aryl methyl sites for hydroxylation is 1. The Morgan fingerprint density at radius 1 is 1.11 bits per heavy atom. The van der Waals surface area contributed by atoms with Gasteiger partial charge in [-0.2, -0.15) is 0 Å². The van der Waals surface area contributed by atoms with Crippen molar-refractivity contribution in [2.75, 3.05) is 0 Å². The summed E-state index contributed by atoms with van der Waals surface area (Å²) in [6, 6.07) is 13.3. The zero-order chi connectivity index (χ0) is 13.4. The lowest BCUT2D eigenvalue weighted by Crippen LogP contribution is -2.23. The highest BCUT2D eigenvalue weighted by Crippen LogP contribution is 2.35. The van der Waals surface area contributed by atoms with E-state index in [1.54, 1.807) is 6.07 Å². The molecular formula is C17H18FN. The van der Waals surface area contributed by atoms with E-state index in [9.17, 15) is 4.39 Å². The highest BCUT2D eigenvalue weighted by molar-refractivity contribution is 5.36. The van der Waals surface area contributed by atoms with E-state index < -0.39 is 0 Å². The van der Waals surface area contributed by atoms with Crippen LogP contribution in [0.4, 0.5) is 4.39 Å². The van der Waals surface area contributed by atoms with Crippen LogP contribution in [-0.2, 0) is 12.8 Å². The van der Waals surface area contributed by atoms with Gasteiger partial charge in [0.05, 0.1) is 0 Å². The first-order valence-corrected chi connectivity index (χ1v) is 6.73. The van der Waals surface area contributed by atoms with Crippen LogP contribution in [-0.4, -0.2) is 0 Å². The summed E-state index contributed by atoms with van der Waals surface area (Å²) in [6.45, 7) is 2.00. The summed E-state index contributed by atoms with van der Waals surface area (Å²) in [5.41, 5.74) is 11.2. The summed E-state index contributed by atoms with van der Waals surface area (Å²) in [4.78, 5) is 0. The highest BCUT2D eigenvalue weighted by atomic mass is 19.1. The Labute approximate surface area is 113 Å². The maximum atomic E-state index is 13.4. The number of hydrogen-bond acceptors (Lipinski definition) is 1. The van der Waals surface area contributed by atoms with Gasteiger partial charge in [0.2, 0.25) is 0 Å². The number of nitrogens with two attached hydrogens (primary N) is 1. The molecule has 0 amide bonds. The third-order valence-electron chi connectivity index (χ3n) is 4.19. The van der Waals surface area contributed by atoms with E-state index >= 15 is 0 Å². The number of fused-ring (bicyclic) bond motifs is 1. The van der Waals surface area contributed by atoms with Gasteiger partial charge in [0.1, 0.15) is 5.82 Å². The summed E-state index contributed by atoms with van der Waals surface area (Å²) in [6.07, 6.45) is 1.99. The molecule has 3 rings (SSSR count). The van der Waals surface area contributed by atoms with Crippen LogP contribution in [0, 0.1) is 18.7 Å². The van der Waals surface area contributed by atoms with Crippen LogP contribution in [0.2, 0.25) is 0 Å². The van der Waals surface area contributed by atoms with Crippen LogP contribution < -0.4 is 5.73 Å². The summed E-state index contributed by atoms with van der Waals surface area (Å²) < 4.78 is 13.4. The van der Waals surface area contributed by atoms with Crippen LogP contribution in [0.5, 0.6) is 0 Å². The Bertz CT molecular complexity index is 581. The standard InChI is InChI=1S/C17H18FN/c1-11-6-7-15(18)10-16(11)17(19)14-8-12-4-2-3-5-13(12)9-14/h2-7,10,14,17H,8-9,19H2,1H3. The first-order chi connectivity index (χ1) is 9.15. The molecule has 0 radical (unpaired) electrons. The largest absolute Gasteiger partial charge is 0.324 e. The quantitative estimate of drug-likeness (QED) is 0.872. The van der Waals surface area contributed by atoms with E-state index in [1.165, 1.54) is 17.2 Å². The molecule has 1 aliphatic carbocycles. The molecule has 1 nitrogen and oxygen atoms in total. The summed E-state index contributed by atoms with van der Waals surface area (Å²) in [5, 5.41) is 0. The van der Waals surface area contributed by atoms with Gasteiger partial charge in [0.25, 0.3) is 0 Å². The molecule has 2 N–H and O–H groups in total. The molecule has 0 aliphatic heterocycles. The average molecular weight is 255 g/mol. The first kappa shape index (κ1) is 12.4. The number of rotatable bonds is 2. The lowest BCUT2D eigenvalue weighted by Gasteiger charge is -2.21. The second-order valence-corrected chi connectivity index (χ2v) is 5.46. The number of halogens is 1. The third kappa shape index (κ3) is 2.28. The van der Waals surface area contributed by atoms with E-state index in [0.29, 0.717) is 5.92 Å². The van der Waals surface area contributed by atoms with Gasteiger partial charge in [0.15, 0.2) is 0 Å². The molecule has 0 saturated heterocycles. The van der Waals surface area contributed by atoms with Crippen molar-refractivity contribution in [2.24, 2.45) is 11.7 Å². The monoisotopic (exact) mass is 255 g/mol. The van der Waals surface area contributed by atoms with Gasteiger partial charge in [-0.05, 0) is 60.1 Å². The number of benzene rings is 2. The smallest absolute Gasteiger partial charge is 0.123 e. The van der Waals surface area contributed by atoms with Crippen LogP contribution in [0.3, 0.4) is 0 Å². The second-order valence-electron chi connectivity index (χ2n) is 5.46. The minimum absolute atomic E-state index is 0.0944. The molecule has 2 aromatic rings. The van der Waals surface area contributed by atoms with Crippen molar-refractivity contribution in [1.29, 1.82) is 0 Å². The van der Waals surface area contributed by atoms with Crippen LogP contribution in [0.15, 0.2) is 42.5 Å². The summed E-state index contributed by atoms with van der Waals surface area (Å²) in [7, 11) is 0. The molecule has 0 saturated carbocycles. The van der Waals surface area contributed by atoms with E-state index in [-0.39, 0.29) is 11.9 Å². The maximum Gasteiger partial charge on any atom is 0.123 e. The van der Waals surface area contributed by atoms with Gasteiger partial charge in [-0.1, -0.05) is 30.3 Å². The van der Waals surface area contributed by atoms with Gasteiger partial charge < -0.3 is 5.73 Å². The van der Waals surface area contributed by atoms with Crippen molar-refractivity contribution >= 4 is 0 Å². The van der Waals surface area contributed by atoms with Crippen molar-refractivity contribution in [1.82, 2.24) is 0 Å². The number of hydrogen-bond donors (Lipinski definition) is 1. The van der Waals surface area contributed by atoms with Gasteiger partial charge in [0, 0.05) is 6.04 Å². The van der Waals surface area contributed by atoms with E-state index in [0.717, 1.165) is 24.0 Å². The molecule has 0 bridgehead atoms. The Morgan fingerprint density at radius 3 is 2.37 bits per heavy atom. The lowest BCUT2D eigenvalue weighted by molar-refractivity contribution is 0.450. The molecule has 0 fully saturated rings. The minimum atomic E-state index is -0.202. The topological polar surface area (TPSA) is 26.0 Å². The normalized spacial score (nSPS) is 16.4. The first-order valence-electron chi connectivity index (χ1n) is 6.73. The molecule has 1 atom stereocenters. The zero-order valence-corrected chi connectivity index (χ0v) is 11.1. The lowest BCUT2D eigenvalue weighted by atomic mass is 9.89. The highest BCUT2D eigenvalue weighted by Gasteiger charge is 2.28. The minimum Gasteiger partial charge on any atom is -0.324 e. The van der Waals surface area contributed by atoms with Gasteiger partial charge in [-0.15, -0.1) is 0 Å². The Hall–Kier alpha value is -1.67. The van der Waals surface area contributed by atoms with Crippen LogP contribution >= 0.6 is 0 Å². The molecule has 19 heavy (non-hydrogen) atoms. The second kappa shape index (κ2) is 4.78. The van der Waals surface area contributed by atoms with Crippen LogP contribution in [0.25, 0.3) is 0 Å². The van der Waals surface area contributed by atoms with Crippen molar-refractivity contribution < 1.29 is 4.39 Å². The molecule has 0 spiro atoms. The van der Waals surface area contributed by atoms with E-state index in [2.05, 4.69) is 24.3 Å². The van der Waals surface area contributed by atoms with Crippen molar-refractivity contribution in [3.05, 3.63) is 70.5 Å². The Kier molecular flexibility index (Phi) is 3.11. The van der Waals surface area contributed by atoms with Crippen molar-refractivity contribution in [2.45, 2.75) is 25.8 Å². The molecule has 2 heteroatoms. The van der Waals surface area contributed by atoms with Gasteiger partial charge >= 0.3 is 0 Å². The summed E-state index contributed by atoms with van der Waals surface area (Å²) in [5.74, 6) is 0.171. The zero-order valence-electron chi connectivity index (χ0n) is 11.1. The van der Waals surface area contributed by atoms with Gasteiger partial charge in [-0.25, -0.2) is 4.39 Å². The van der Waals surface area contributed by atoms with Crippen molar-refractivity contribution in [3.8, 4) is 0 Å². The SMILES string of the molecule is Cc1ccc(F)cc1C(N)C1Cc2ccccc2C1. The molecule has 98 valence electrons. The fourth-order valence-corrected chi connectivity index (χ4v) is 3.07. The third-order valence-corrected chi connectivity index (χ3v) is 4.19. The molecule has 2 aromatic carbocycles. The fourth-order valence-electron chi connectivity index (χ4n) is 3.07. The maximum absolute atomic E-state index is 13.4.